The maximum absolute atomic E-state index is 12.5. The molecule has 6 nitrogen and oxygen atoms in total. The van der Waals surface area contributed by atoms with Crippen LogP contribution in [0.15, 0.2) is 48.5 Å². The summed E-state index contributed by atoms with van der Waals surface area (Å²) in [5.41, 5.74) is 7.14. The molecule has 2 aromatic carbocycles. The highest BCUT2D eigenvalue weighted by Crippen LogP contribution is 2.26. The Balaban J connectivity index is 0.00000420. The summed E-state index contributed by atoms with van der Waals surface area (Å²) >= 11 is 0. The van der Waals surface area contributed by atoms with Crippen LogP contribution < -0.4 is 15.8 Å². The lowest BCUT2D eigenvalue weighted by atomic mass is 10.0. The van der Waals surface area contributed by atoms with E-state index in [0.717, 1.165) is 17.7 Å². The maximum atomic E-state index is 12.5. The topological polar surface area (TPSA) is 90.7 Å². The maximum Gasteiger partial charge on any atom is 0.573 e. The van der Waals surface area contributed by atoms with Gasteiger partial charge >= 0.3 is 12.3 Å². The van der Waals surface area contributed by atoms with E-state index < -0.39 is 30.0 Å². The zero-order chi connectivity index (χ0) is 20.7. The van der Waals surface area contributed by atoms with Gasteiger partial charge in [-0.1, -0.05) is 24.3 Å². The molecule has 0 heterocycles. The molecule has 2 rings (SSSR count). The van der Waals surface area contributed by atoms with Crippen molar-refractivity contribution in [3.8, 4) is 5.75 Å². The van der Waals surface area contributed by atoms with Gasteiger partial charge in [-0.2, -0.15) is 0 Å². The monoisotopic (exact) mass is 432 g/mol. The molecule has 29 heavy (non-hydrogen) atoms. The zero-order valence-electron chi connectivity index (χ0n) is 15.4. The third-order valence-electron chi connectivity index (χ3n) is 3.87. The Kier molecular flexibility index (Phi) is 8.93. The molecule has 10 heteroatoms. The molecule has 0 spiro atoms. The summed E-state index contributed by atoms with van der Waals surface area (Å²) in [6.45, 7) is 0.333. The largest absolute Gasteiger partial charge is 0.573 e. The lowest BCUT2D eigenvalue weighted by molar-refractivity contribution is -0.274. The fraction of sp³-hybridized carbons (Fsp3) is 0.263. The van der Waals surface area contributed by atoms with Crippen LogP contribution in [0.5, 0.6) is 5.75 Å². The number of esters is 1. The fourth-order valence-corrected chi connectivity index (χ4v) is 2.44. The number of carbonyl (C=O) groups is 2. The molecule has 158 valence electrons. The number of carbonyl (C=O) groups excluding carboxylic acids is 2. The molecule has 0 aromatic heterocycles. The predicted molar refractivity (Wildman–Crippen MR) is 102 cm³/mol. The van der Waals surface area contributed by atoms with Crippen LogP contribution in [0.4, 0.5) is 13.2 Å². The van der Waals surface area contributed by atoms with Crippen molar-refractivity contribution in [3.05, 3.63) is 65.2 Å². The van der Waals surface area contributed by atoms with Gasteiger partial charge in [0.1, 0.15) is 5.75 Å². The van der Waals surface area contributed by atoms with Crippen LogP contribution >= 0.6 is 12.4 Å². The quantitative estimate of drug-likeness (QED) is 0.653. The first-order chi connectivity index (χ1) is 13.2. The number of benzene rings is 2. The number of alkyl halides is 3. The number of amides is 1. The second kappa shape index (κ2) is 10.7. The van der Waals surface area contributed by atoms with E-state index in [4.69, 9.17) is 5.73 Å². The molecule has 0 bridgehead atoms. The van der Waals surface area contributed by atoms with Gasteiger partial charge in [0.05, 0.1) is 19.6 Å². The highest BCUT2D eigenvalue weighted by molar-refractivity contribution is 5.94. The van der Waals surface area contributed by atoms with Gasteiger partial charge < -0.3 is 20.5 Å². The van der Waals surface area contributed by atoms with Crippen LogP contribution in [0.2, 0.25) is 0 Å². The Labute approximate surface area is 171 Å². The first kappa shape index (κ1) is 24.3. The number of hydrogen-bond donors (Lipinski definition) is 2. The lowest BCUT2D eigenvalue weighted by Gasteiger charge is -2.19. The van der Waals surface area contributed by atoms with Crippen LogP contribution in [0.25, 0.3) is 0 Å². The average Bonchev–Trinajstić information content (AvgIpc) is 2.66. The summed E-state index contributed by atoms with van der Waals surface area (Å²) < 4.78 is 45.3. The van der Waals surface area contributed by atoms with Gasteiger partial charge in [0.2, 0.25) is 0 Å². The van der Waals surface area contributed by atoms with E-state index in [2.05, 4.69) is 14.8 Å². The number of halogens is 4. The molecular weight excluding hydrogens is 413 g/mol. The Morgan fingerprint density at radius 3 is 2.14 bits per heavy atom. The number of nitrogens with one attached hydrogen (secondary N) is 1. The van der Waals surface area contributed by atoms with Gasteiger partial charge in [0.15, 0.2) is 0 Å². The van der Waals surface area contributed by atoms with Crippen molar-refractivity contribution in [2.75, 3.05) is 7.11 Å². The summed E-state index contributed by atoms with van der Waals surface area (Å²) in [5.74, 6) is -1.44. The highest BCUT2D eigenvalue weighted by Gasteiger charge is 2.31. The number of ether oxygens (including phenoxy) is 2. The van der Waals surface area contributed by atoms with Gasteiger partial charge in [0.25, 0.3) is 5.91 Å². The van der Waals surface area contributed by atoms with E-state index in [1.54, 1.807) is 24.3 Å². The molecule has 0 fully saturated rings. The van der Waals surface area contributed by atoms with Crippen molar-refractivity contribution in [1.82, 2.24) is 5.32 Å². The first-order valence-electron chi connectivity index (χ1n) is 8.24. The van der Waals surface area contributed by atoms with E-state index in [-0.39, 0.29) is 18.8 Å². The first-order valence-corrected chi connectivity index (χ1v) is 8.24. The van der Waals surface area contributed by atoms with Gasteiger partial charge in [-0.05, 0) is 35.4 Å². The van der Waals surface area contributed by atoms with E-state index in [1.807, 2.05) is 0 Å². The van der Waals surface area contributed by atoms with Crippen LogP contribution in [-0.2, 0) is 16.1 Å². The molecule has 0 saturated heterocycles. The number of hydrogen-bond acceptors (Lipinski definition) is 5. The zero-order valence-corrected chi connectivity index (χ0v) is 16.2. The average molecular weight is 433 g/mol. The van der Waals surface area contributed by atoms with Crippen molar-refractivity contribution in [3.63, 3.8) is 0 Å². The Morgan fingerprint density at radius 2 is 1.66 bits per heavy atom. The minimum atomic E-state index is -4.81. The van der Waals surface area contributed by atoms with E-state index in [0.29, 0.717) is 17.7 Å². The van der Waals surface area contributed by atoms with Crippen molar-refractivity contribution in [2.45, 2.75) is 25.4 Å². The Hall–Kier alpha value is -2.78. The molecule has 2 aromatic rings. The van der Waals surface area contributed by atoms with Crippen LogP contribution in [0.1, 0.15) is 33.9 Å². The number of nitrogens with two attached hydrogens (primary N) is 1. The normalized spacial score (nSPS) is 11.8. The molecule has 1 atom stereocenters. The molecule has 1 unspecified atom stereocenters. The van der Waals surface area contributed by atoms with Crippen molar-refractivity contribution in [2.24, 2.45) is 5.73 Å². The third-order valence-corrected chi connectivity index (χ3v) is 3.87. The Morgan fingerprint density at radius 1 is 1.07 bits per heavy atom. The third kappa shape index (κ3) is 7.63. The molecule has 1 amide bonds. The van der Waals surface area contributed by atoms with E-state index in [1.165, 1.54) is 19.2 Å². The molecule has 0 radical (unpaired) electrons. The standard InChI is InChI=1S/C19H19F3N2O4.ClH/c1-27-17(25)10-16(13-6-8-15(9-7-13)28-19(20,21)22)24-18(26)14-4-2-12(11-23)3-5-14;/h2-9,16H,10-11,23H2,1H3,(H,24,26);1H. The fourth-order valence-electron chi connectivity index (χ4n) is 2.44. The minimum Gasteiger partial charge on any atom is -0.469 e. The second-order valence-corrected chi connectivity index (χ2v) is 5.82. The highest BCUT2D eigenvalue weighted by atomic mass is 35.5. The van der Waals surface area contributed by atoms with Crippen LogP contribution in [-0.4, -0.2) is 25.3 Å². The van der Waals surface area contributed by atoms with Crippen LogP contribution in [0.3, 0.4) is 0 Å². The molecule has 0 aliphatic heterocycles. The molecule has 3 N–H and O–H groups in total. The van der Waals surface area contributed by atoms with E-state index in [9.17, 15) is 22.8 Å². The summed E-state index contributed by atoms with van der Waals surface area (Å²) in [6, 6.07) is 10.7. The molecular formula is C19H20ClF3N2O4. The van der Waals surface area contributed by atoms with Crippen molar-refractivity contribution in [1.29, 1.82) is 0 Å². The van der Waals surface area contributed by atoms with Crippen LogP contribution in [0, 0.1) is 0 Å². The van der Waals surface area contributed by atoms with Gasteiger partial charge in [-0.3, -0.25) is 9.59 Å². The second-order valence-electron chi connectivity index (χ2n) is 5.82. The molecule has 0 saturated carbocycles. The molecule has 0 aliphatic carbocycles. The summed E-state index contributed by atoms with van der Waals surface area (Å²) in [5, 5.41) is 2.69. The van der Waals surface area contributed by atoms with Crippen molar-refractivity contribution >= 4 is 24.3 Å². The minimum absolute atomic E-state index is 0. The lowest BCUT2D eigenvalue weighted by Crippen LogP contribution is -2.30. The summed E-state index contributed by atoms with van der Waals surface area (Å²) in [7, 11) is 1.20. The van der Waals surface area contributed by atoms with Crippen molar-refractivity contribution < 1.29 is 32.2 Å². The molecule has 0 aliphatic rings. The van der Waals surface area contributed by atoms with Gasteiger partial charge in [0, 0.05) is 12.1 Å². The smallest absolute Gasteiger partial charge is 0.469 e. The Bertz CT molecular complexity index is 812. The number of methoxy groups -OCH3 is 1. The van der Waals surface area contributed by atoms with E-state index >= 15 is 0 Å². The SMILES string of the molecule is COC(=O)CC(NC(=O)c1ccc(CN)cc1)c1ccc(OC(F)(F)F)cc1.Cl. The summed E-state index contributed by atoms with van der Waals surface area (Å²) in [6.07, 6.45) is -5.00. The van der Waals surface area contributed by atoms with Gasteiger partial charge in [-0.25, -0.2) is 0 Å². The summed E-state index contributed by atoms with van der Waals surface area (Å²) in [4.78, 5) is 24.2. The van der Waals surface area contributed by atoms with Gasteiger partial charge in [-0.15, -0.1) is 25.6 Å². The number of rotatable bonds is 7. The predicted octanol–water partition coefficient (Wildman–Crippen LogP) is 3.50.